The lowest BCUT2D eigenvalue weighted by molar-refractivity contribution is -0.117. The largest absolute Gasteiger partial charge is 0.307 e. The van der Waals surface area contributed by atoms with Crippen LogP contribution in [0.1, 0.15) is 18.0 Å². The van der Waals surface area contributed by atoms with E-state index in [1.165, 1.54) is 0 Å². The predicted molar refractivity (Wildman–Crippen MR) is 96.8 cm³/mol. The van der Waals surface area contributed by atoms with Crippen molar-refractivity contribution in [2.24, 2.45) is 0 Å². The van der Waals surface area contributed by atoms with Crippen molar-refractivity contribution < 1.29 is 26.7 Å². The molecule has 1 aromatic carbocycles. The molecule has 1 N–H and O–H groups in total. The first-order valence-electron chi connectivity index (χ1n) is 8.86. The smallest absolute Gasteiger partial charge is 0.267 e. The number of alkyl halides is 2. The Morgan fingerprint density at radius 3 is 2.45 bits per heavy atom. The molecule has 1 atom stereocenters. The van der Waals surface area contributed by atoms with E-state index in [0.717, 1.165) is 30.7 Å². The molecule has 160 valence electrons. The number of benzene rings is 1. The number of nitrogens with one attached hydrogen (secondary N) is 1. The standard InChI is InChI=1S/C19H12F5N5O2/c20-10-1-9(2-11(21)3-10)12-4-16(31)29(28-17(12)13-5-19(13,23)24)7-15(30)27-18-14(22)6-25-8-26-18/h1-4,6,8,13H,5,7H2,(H,25,26,27,30). The zero-order valence-electron chi connectivity index (χ0n) is 15.5. The molecule has 0 spiro atoms. The molecule has 1 aliphatic carbocycles. The summed E-state index contributed by atoms with van der Waals surface area (Å²) in [5, 5.41) is 5.98. The number of halogens is 5. The van der Waals surface area contributed by atoms with Gasteiger partial charge in [0, 0.05) is 24.1 Å². The molecule has 1 amide bonds. The van der Waals surface area contributed by atoms with E-state index in [1.54, 1.807) is 0 Å². The van der Waals surface area contributed by atoms with Gasteiger partial charge in [0.1, 0.15) is 24.5 Å². The zero-order chi connectivity index (χ0) is 22.3. The van der Waals surface area contributed by atoms with Gasteiger partial charge in [-0.3, -0.25) is 9.59 Å². The van der Waals surface area contributed by atoms with Crippen molar-refractivity contribution in [3.8, 4) is 11.1 Å². The van der Waals surface area contributed by atoms with Gasteiger partial charge in [-0.2, -0.15) is 5.10 Å². The van der Waals surface area contributed by atoms with Gasteiger partial charge in [-0.05, 0) is 17.7 Å². The van der Waals surface area contributed by atoms with Crippen LogP contribution in [0.3, 0.4) is 0 Å². The second kappa shape index (κ2) is 7.52. The van der Waals surface area contributed by atoms with Crippen LogP contribution in [0.5, 0.6) is 0 Å². The molecule has 2 heterocycles. The van der Waals surface area contributed by atoms with Crippen molar-refractivity contribution >= 4 is 11.7 Å². The van der Waals surface area contributed by atoms with E-state index in [2.05, 4.69) is 20.4 Å². The summed E-state index contributed by atoms with van der Waals surface area (Å²) in [7, 11) is 0. The van der Waals surface area contributed by atoms with E-state index in [4.69, 9.17) is 0 Å². The number of carbonyl (C=O) groups is 1. The lowest BCUT2D eigenvalue weighted by atomic mass is 10.0. The molecular weight excluding hydrogens is 425 g/mol. The lowest BCUT2D eigenvalue weighted by Crippen LogP contribution is -2.31. The van der Waals surface area contributed by atoms with Crippen molar-refractivity contribution in [1.82, 2.24) is 19.7 Å². The van der Waals surface area contributed by atoms with Crippen molar-refractivity contribution in [3.63, 3.8) is 0 Å². The van der Waals surface area contributed by atoms with Gasteiger partial charge in [0.2, 0.25) is 5.91 Å². The second-order valence-electron chi connectivity index (χ2n) is 6.88. The zero-order valence-corrected chi connectivity index (χ0v) is 15.5. The predicted octanol–water partition coefficient (Wildman–Crippen LogP) is 2.88. The minimum absolute atomic E-state index is 0.139. The Kier molecular flexibility index (Phi) is 4.99. The molecule has 0 aliphatic heterocycles. The Hall–Kier alpha value is -3.70. The average molecular weight is 437 g/mol. The first-order chi connectivity index (χ1) is 14.6. The van der Waals surface area contributed by atoms with Crippen LogP contribution in [0.4, 0.5) is 27.8 Å². The lowest BCUT2D eigenvalue weighted by Gasteiger charge is -2.12. The summed E-state index contributed by atoms with van der Waals surface area (Å²) in [5.74, 6) is -8.67. The van der Waals surface area contributed by atoms with Gasteiger partial charge in [-0.1, -0.05) is 0 Å². The Labute approximate surface area is 170 Å². The van der Waals surface area contributed by atoms with Crippen molar-refractivity contribution in [1.29, 1.82) is 0 Å². The number of carbonyl (C=O) groups excluding carboxylic acids is 1. The monoisotopic (exact) mass is 437 g/mol. The van der Waals surface area contributed by atoms with Gasteiger partial charge in [-0.15, -0.1) is 0 Å². The van der Waals surface area contributed by atoms with Gasteiger partial charge >= 0.3 is 0 Å². The number of hydrogen-bond donors (Lipinski definition) is 1. The molecular formula is C19H12F5N5O2. The van der Waals surface area contributed by atoms with Crippen LogP contribution in [-0.2, 0) is 11.3 Å². The fourth-order valence-electron chi connectivity index (χ4n) is 3.04. The molecule has 4 rings (SSSR count). The van der Waals surface area contributed by atoms with Crippen LogP contribution < -0.4 is 10.9 Å². The molecule has 2 aromatic heterocycles. The van der Waals surface area contributed by atoms with Gasteiger partial charge in [0.05, 0.1) is 17.8 Å². The summed E-state index contributed by atoms with van der Waals surface area (Å²) in [6, 6.07) is 3.25. The minimum Gasteiger partial charge on any atom is -0.307 e. The fraction of sp³-hybridized carbons (Fsp3) is 0.211. The number of amides is 1. The van der Waals surface area contributed by atoms with Crippen LogP contribution in [0, 0.1) is 17.5 Å². The summed E-state index contributed by atoms with van der Waals surface area (Å²) in [5.41, 5.74) is -1.47. The van der Waals surface area contributed by atoms with Gasteiger partial charge < -0.3 is 5.32 Å². The van der Waals surface area contributed by atoms with Crippen molar-refractivity contribution in [2.75, 3.05) is 5.32 Å². The number of aromatic nitrogens is 4. The highest BCUT2D eigenvalue weighted by Gasteiger charge is 2.59. The summed E-state index contributed by atoms with van der Waals surface area (Å²) in [6.45, 7) is -0.731. The molecule has 31 heavy (non-hydrogen) atoms. The van der Waals surface area contributed by atoms with E-state index in [9.17, 15) is 31.5 Å². The van der Waals surface area contributed by atoms with Crippen LogP contribution >= 0.6 is 0 Å². The van der Waals surface area contributed by atoms with Crippen LogP contribution in [-0.4, -0.2) is 31.6 Å². The van der Waals surface area contributed by atoms with E-state index >= 15 is 0 Å². The molecule has 0 bridgehead atoms. The summed E-state index contributed by atoms with van der Waals surface area (Å²) >= 11 is 0. The molecule has 7 nitrogen and oxygen atoms in total. The minimum atomic E-state index is -3.11. The van der Waals surface area contributed by atoms with E-state index in [0.29, 0.717) is 10.7 Å². The second-order valence-corrected chi connectivity index (χ2v) is 6.88. The van der Waals surface area contributed by atoms with Gasteiger partial charge in [-0.25, -0.2) is 36.6 Å². The molecule has 1 fully saturated rings. The Morgan fingerprint density at radius 1 is 1.16 bits per heavy atom. The van der Waals surface area contributed by atoms with Crippen molar-refractivity contribution in [2.45, 2.75) is 24.8 Å². The third-order valence-electron chi connectivity index (χ3n) is 4.57. The third kappa shape index (κ3) is 4.27. The first-order valence-corrected chi connectivity index (χ1v) is 8.86. The summed E-state index contributed by atoms with van der Waals surface area (Å²) in [6.07, 6.45) is 1.23. The summed E-state index contributed by atoms with van der Waals surface area (Å²) in [4.78, 5) is 31.6. The summed E-state index contributed by atoms with van der Waals surface area (Å²) < 4.78 is 68.9. The van der Waals surface area contributed by atoms with E-state index in [1.807, 2.05) is 0 Å². The Bertz CT molecular complexity index is 1230. The molecule has 0 radical (unpaired) electrons. The van der Waals surface area contributed by atoms with Crippen LogP contribution in [0.15, 0.2) is 41.6 Å². The van der Waals surface area contributed by atoms with Crippen molar-refractivity contribution in [3.05, 3.63) is 70.3 Å². The highest BCUT2D eigenvalue weighted by Crippen LogP contribution is 2.56. The highest BCUT2D eigenvalue weighted by molar-refractivity contribution is 5.89. The first kappa shape index (κ1) is 20.6. The SMILES string of the molecule is O=C(Cn1nc(C2CC2(F)F)c(-c2cc(F)cc(F)c2)cc1=O)Nc1ncncc1F. The Balaban J connectivity index is 1.70. The van der Waals surface area contributed by atoms with Gasteiger partial charge in [0.15, 0.2) is 11.6 Å². The van der Waals surface area contributed by atoms with Gasteiger partial charge in [0.25, 0.3) is 11.5 Å². The fourth-order valence-corrected chi connectivity index (χ4v) is 3.04. The van der Waals surface area contributed by atoms with Crippen LogP contribution in [0.25, 0.3) is 11.1 Å². The Morgan fingerprint density at radius 2 is 1.84 bits per heavy atom. The van der Waals surface area contributed by atoms with E-state index < -0.39 is 59.5 Å². The molecule has 1 saturated carbocycles. The maximum atomic E-state index is 13.8. The normalized spacial score (nSPS) is 16.7. The number of anilines is 1. The quantitative estimate of drug-likeness (QED) is 0.620. The molecule has 1 unspecified atom stereocenters. The number of hydrogen-bond acceptors (Lipinski definition) is 5. The molecule has 1 aliphatic rings. The molecule has 12 heteroatoms. The number of nitrogens with zero attached hydrogens (tertiary/aromatic N) is 4. The maximum absolute atomic E-state index is 13.8. The van der Waals surface area contributed by atoms with Crippen LogP contribution in [0.2, 0.25) is 0 Å². The van der Waals surface area contributed by atoms with E-state index in [-0.39, 0.29) is 16.8 Å². The topological polar surface area (TPSA) is 89.8 Å². The molecule has 3 aromatic rings. The molecule has 0 saturated heterocycles. The third-order valence-corrected chi connectivity index (χ3v) is 4.57. The average Bonchev–Trinajstić information content (AvgIpc) is 3.32. The maximum Gasteiger partial charge on any atom is 0.267 e. The number of rotatable bonds is 5. The highest BCUT2D eigenvalue weighted by atomic mass is 19.3.